The fourth-order valence-electron chi connectivity index (χ4n) is 7.24. The number of nitriles is 1. The van der Waals surface area contributed by atoms with Gasteiger partial charge in [0.15, 0.2) is 5.65 Å². The van der Waals surface area contributed by atoms with Crippen LogP contribution in [0.1, 0.15) is 94.3 Å². The van der Waals surface area contributed by atoms with Gasteiger partial charge < -0.3 is 24.6 Å². The summed E-state index contributed by atoms with van der Waals surface area (Å²) < 4.78 is 16.4. The maximum Gasteiger partial charge on any atom is 0.320 e. The highest BCUT2D eigenvalue weighted by atomic mass is 16.5. The van der Waals surface area contributed by atoms with E-state index in [0.29, 0.717) is 54.9 Å². The molecule has 13 heteroatoms. The van der Waals surface area contributed by atoms with Crippen molar-refractivity contribution in [1.82, 2.24) is 34.6 Å². The Morgan fingerprint density at radius 3 is 2.59 bits per heavy atom. The second kappa shape index (κ2) is 15.4. The van der Waals surface area contributed by atoms with Crippen LogP contribution in [0.3, 0.4) is 0 Å². The first-order chi connectivity index (χ1) is 26.0. The molecule has 3 atom stereocenters. The van der Waals surface area contributed by atoms with E-state index in [4.69, 9.17) is 14.6 Å². The van der Waals surface area contributed by atoms with Gasteiger partial charge >= 0.3 is 6.03 Å². The van der Waals surface area contributed by atoms with Crippen LogP contribution in [0.25, 0.3) is 11.3 Å². The van der Waals surface area contributed by atoms with Crippen LogP contribution in [0.5, 0.6) is 11.5 Å². The van der Waals surface area contributed by atoms with Crippen LogP contribution < -0.4 is 25.0 Å². The van der Waals surface area contributed by atoms with Gasteiger partial charge in [-0.25, -0.2) is 9.48 Å². The lowest BCUT2D eigenvalue weighted by Gasteiger charge is -2.33. The lowest BCUT2D eigenvalue weighted by atomic mass is 9.85. The van der Waals surface area contributed by atoms with Gasteiger partial charge in [0.05, 0.1) is 29.2 Å². The number of hydrogen-bond acceptors (Lipinski definition) is 9. The van der Waals surface area contributed by atoms with E-state index in [9.17, 15) is 10.1 Å². The average molecular weight is 731 g/mol. The van der Waals surface area contributed by atoms with Gasteiger partial charge in [0.2, 0.25) is 5.95 Å². The summed E-state index contributed by atoms with van der Waals surface area (Å²) in [4.78, 5) is 18.1. The number of nitrogens with zero attached hydrogens (tertiary/aromatic N) is 8. The van der Waals surface area contributed by atoms with Crippen molar-refractivity contribution in [1.29, 1.82) is 5.26 Å². The zero-order chi connectivity index (χ0) is 38.0. The number of amides is 2. The summed E-state index contributed by atoms with van der Waals surface area (Å²) in [5.41, 5.74) is 4.49. The smallest absolute Gasteiger partial charge is 0.320 e. The number of piperidine rings is 1. The fourth-order valence-corrected chi connectivity index (χ4v) is 7.24. The number of nitrogens with one attached hydrogen (secondary N) is 2. The molecule has 2 aromatic carbocycles. The van der Waals surface area contributed by atoms with Gasteiger partial charge in [0, 0.05) is 36.7 Å². The molecule has 5 aromatic rings. The van der Waals surface area contributed by atoms with Gasteiger partial charge in [-0.3, -0.25) is 9.72 Å². The number of carbonyl (C=O) groups excluding carboxylic acids is 1. The van der Waals surface area contributed by atoms with Gasteiger partial charge in [-0.1, -0.05) is 45.0 Å². The van der Waals surface area contributed by atoms with E-state index in [-0.39, 0.29) is 23.6 Å². The zero-order valence-corrected chi connectivity index (χ0v) is 32.0. The molecule has 1 fully saturated rings. The summed E-state index contributed by atoms with van der Waals surface area (Å²) >= 11 is 0. The first-order valence-electron chi connectivity index (χ1n) is 18.9. The standard InChI is InChI=1S/C41H50N10O3/c1-27-11-9-10-20-49(27)40-46-45-37-19-16-30(26-50(37)40)54-34-18-17-33(31-12-7-8-13-32(31)34)43-39(52)44-38-24-36(41(2,3)4)47-51(38)29-15-14-28(25-42)35(23-29)53-22-21-48(5)6/h7-8,12-16,19,23-24,26-27,33-34H,9-11,17-18,20-22H2,1-6H3,(H2,43,44,52)/t27?,33-,34+/m0/s1. The minimum atomic E-state index is -0.343. The third-order valence-electron chi connectivity index (χ3n) is 10.3. The lowest BCUT2D eigenvalue weighted by Crippen LogP contribution is -2.38. The number of likely N-dealkylation sites (N-methyl/N-ethyl adjacent to an activating group) is 1. The van der Waals surface area contributed by atoms with Crippen LogP contribution in [0.2, 0.25) is 0 Å². The highest BCUT2D eigenvalue weighted by Gasteiger charge is 2.31. The number of benzene rings is 2. The molecule has 1 aliphatic heterocycles. The minimum Gasteiger partial charge on any atom is -0.491 e. The van der Waals surface area contributed by atoms with E-state index >= 15 is 0 Å². The molecule has 7 rings (SSSR count). The van der Waals surface area contributed by atoms with Crippen molar-refractivity contribution in [3.05, 3.63) is 89.2 Å². The van der Waals surface area contributed by atoms with Gasteiger partial charge in [-0.05, 0) is 88.5 Å². The molecule has 13 nitrogen and oxygen atoms in total. The average Bonchev–Trinajstić information content (AvgIpc) is 3.77. The van der Waals surface area contributed by atoms with Crippen molar-refractivity contribution >= 4 is 23.4 Å². The van der Waals surface area contributed by atoms with E-state index in [1.54, 1.807) is 16.8 Å². The summed E-state index contributed by atoms with van der Waals surface area (Å²) in [5, 5.41) is 29.9. The predicted molar refractivity (Wildman–Crippen MR) is 209 cm³/mol. The number of fused-ring (bicyclic) bond motifs is 2. The Hall–Kier alpha value is -5.61. The predicted octanol–water partition coefficient (Wildman–Crippen LogP) is 7.18. The normalized spacial score (nSPS) is 18.6. The summed E-state index contributed by atoms with van der Waals surface area (Å²) in [6.07, 6.45) is 6.74. The number of ether oxygens (including phenoxy) is 2. The van der Waals surface area contributed by atoms with Crippen molar-refractivity contribution in [2.45, 2.75) is 83.4 Å². The number of hydrogen-bond donors (Lipinski definition) is 2. The van der Waals surface area contributed by atoms with Gasteiger partial charge in [-0.2, -0.15) is 10.4 Å². The minimum absolute atomic E-state index is 0.185. The van der Waals surface area contributed by atoms with Gasteiger partial charge in [0.25, 0.3) is 0 Å². The van der Waals surface area contributed by atoms with Crippen LogP contribution in [-0.4, -0.2) is 75.1 Å². The summed E-state index contributed by atoms with van der Waals surface area (Å²) in [7, 11) is 3.94. The second-order valence-electron chi connectivity index (χ2n) is 15.6. The molecule has 0 saturated carbocycles. The number of aromatic nitrogens is 5. The van der Waals surface area contributed by atoms with Crippen LogP contribution in [-0.2, 0) is 5.41 Å². The van der Waals surface area contributed by atoms with Crippen molar-refractivity contribution in [3.63, 3.8) is 0 Å². The van der Waals surface area contributed by atoms with Crippen molar-refractivity contribution in [2.75, 3.05) is 44.0 Å². The maximum atomic E-state index is 13.8. The molecule has 1 unspecified atom stereocenters. The van der Waals surface area contributed by atoms with Crippen molar-refractivity contribution < 1.29 is 14.3 Å². The molecule has 0 radical (unpaired) electrons. The maximum absolute atomic E-state index is 13.8. The van der Waals surface area contributed by atoms with Crippen LogP contribution >= 0.6 is 0 Å². The SMILES string of the molecule is CC1CCCCN1c1nnc2ccc(O[C@@H]3CC[C@H](NC(=O)Nc4cc(C(C)(C)C)nn4-c4ccc(C#N)c(OCCN(C)C)c4)c4ccccc43)cn12. The summed E-state index contributed by atoms with van der Waals surface area (Å²) in [6, 6.07) is 21.3. The van der Waals surface area contributed by atoms with E-state index in [0.717, 1.165) is 53.6 Å². The molecule has 4 heterocycles. The number of carbonyl (C=O) groups is 1. The lowest BCUT2D eigenvalue weighted by molar-refractivity contribution is 0.171. The molecular weight excluding hydrogens is 681 g/mol. The van der Waals surface area contributed by atoms with E-state index < -0.39 is 0 Å². The molecular formula is C41H50N10O3. The van der Waals surface area contributed by atoms with Gasteiger partial charge in [-0.15, -0.1) is 10.2 Å². The Morgan fingerprint density at radius 1 is 1.02 bits per heavy atom. The largest absolute Gasteiger partial charge is 0.491 e. The topological polar surface area (TPSA) is 138 Å². The highest BCUT2D eigenvalue weighted by molar-refractivity contribution is 5.89. The number of pyridine rings is 1. The fraction of sp³-hybridized carbons (Fsp3) is 0.439. The molecule has 2 N–H and O–H groups in total. The quantitative estimate of drug-likeness (QED) is 0.153. The molecule has 54 heavy (non-hydrogen) atoms. The zero-order valence-electron chi connectivity index (χ0n) is 32.0. The third-order valence-corrected chi connectivity index (χ3v) is 10.3. The Bertz CT molecular complexity index is 2160. The van der Waals surface area contributed by atoms with Crippen molar-refractivity contribution in [2.24, 2.45) is 0 Å². The first kappa shape index (κ1) is 36.7. The Morgan fingerprint density at radius 2 is 1.83 bits per heavy atom. The number of rotatable bonds is 10. The van der Waals surface area contributed by atoms with E-state index in [2.05, 4.69) is 71.6 Å². The molecule has 2 amide bonds. The van der Waals surface area contributed by atoms with E-state index in [1.165, 1.54) is 6.42 Å². The summed E-state index contributed by atoms with van der Waals surface area (Å²) in [6.45, 7) is 10.6. The third kappa shape index (κ3) is 7.84. The highest BCUT2D eigenvalue weighted by Crippen LogP contribution is 2.39. The second-order valence-corrected chi connectivity index (χ2v) is 15.6. The summed E-state index contributed by atoms with van der Waals surface area (Å²) in [5.74, 6) is 2.57. The monoisotopic (exact) mass is 730 g/mol. The Balaban J connectivity index is 1.09. The molecule has 1 saturated heterocycles. The van der Waals surface area contributed by atoms with Crippen LogP contribution in [0.4, 0.5) is 16.6 Å². The molecule has 3 aromatic heterocycles. The van der Waals surface area contributed by atoms with Crippen molar-refractivity contribution in [3.8, 4) is 23.3 Å². The molecule has 0 bridgehead atoms. The molecule has 0 spiro atoms. The molecule has 1 aliphatic carbocycles. The van der Waals surface area contributed by atoms with Crippen LogP contribution in [0.15, 0.2) is 66.9 Å². The van der Waals surface area contributed by atoms with Gasteiger partial charge in [0.1, 0.15) is 36.1 Å². The first-order valence-corrected chi connectivity index (χ1v) is 18.9. The molecule has 2 aliphatic rings. The van der Waals surface area contributed by atoms with E-state index in [1.807, 2.05) is 66.0 Å². The Kier molecular flexibility index (Phi) is 10.5. The number of urea groups is 1. The Labute approximate surface area is 316 Å². The molecule has 282 valence electrons. The van der Waals surface area contributed by atoms with Crippen LogP contribution in [0, 0.1) is 11.3 Å². The number of anilines is 2.